The molecule has 0 aliphatic heterocycles. The molecular weight excluding hydrogens is 305 g/mol. The van der Waals surface area contributed by atoms with E-state index in [1.165, 1.54) is 6.07 Å². The lowest BCUT2D eigenvalue weighted by Crippen LogP contribution is -2.03. The first-order valence-corrected chi connectivity index (χ1v) is 6.33. The minimum atomic E-state index is -0.296. The number of halogens is 2. The molecule has 17 heavy (non-hydrogen) atoms. The van der Waals surface area contributed by atoms with Gasteiger partial charge in [-0.15, -0.1) is 0 Å². The van der Waals surface area contributed by atoms with E-state index in [9.17, 15) is 4.39 Å². The quantitative estimate of drug-likeness (QED) is 0.851. The van der Waals surface area contributed by atoms with Crippen molar-refractivity contribution in [3.63, 3.8) is 0 Å². The van der Waals surface area contributed by atoms with Crippen LogP contribution in [0.2, 0.25) is 0 Å². The van der Waals surface area contributed by atoms with Crippen molar-refractivity contribution in [2.45, 2.75) is 19.8 Å². The summed E-state index contributed by atoms with van der Waals surface area (Å²) >= 11 is 8.35. The van der Waals surface area contributed by atoms with Gasteiger partial charge in [0.05, 0.1) is 10.2 Å². The van der Waals surface area contributed by atoms with Crippen LogP contribution < -0.4 is 0 Å². The maximum atomic E-state index is 13.2. The first-order chi connectivity index (χ1) is 8.00. The van der Waals surface area contributed by atoms with Gasteiger partial charge in [0, 0.05) is 5.92 Å². The number of rotatable bonds is 2. The highest BCUT2D eigenvalue weighted by Crippen LogP contribution is 2.22. The van der Waals surface area contributed by atoms with Crippen LogP contribution in [0.1, 0.15) is 25.6 Å². The van der Waals surface area contributed by atoms with Crippen LogP contribution >= 0.6 is 28.1 Å². The van der Waals surface area contributed by atoms with Crippen LogP contribution in [-0.2, 0) is 0 Å². The first kappa shape index (κ1) is 12.4. The number of H-pyrrole nitrogens is 1. The summed E-state index contributed by atoms with van der Waals surface area (Å²) in [6.07, 6.45) is 0. The number of hydrogen-bond acceptors (Lipinski definition) is 2. The molecule has 3 nitrogen and oxygen atoms in total. The minimum absolute atomic E-state index is 0.228. The second-order valence-corrected chi connectivity index (χ2v) is 5.22. The van der Waals surface area contributed by atoms with E-state index in [-0.39, 0.29) is 11.7 Å². The molecule has 1 N–H and O–H groups in total. The molecule has 0 bridgehead atoms. The lowest BCUT2D eigenvalue weighted by molar-refractivity contribution is 0.620. The van der Waals surface area contributed by atoms with Crippen molar-refractivity contribution in [2.24, 2.45) is 0 Å². The number of benzene rings is 1. The summed E-state index contributed by atoms with van der Waals surface area (Å²) < 4.78 is 15.9. The van der Waals surface area contributed by atoms with Crippen LogP contribution in [0.3, 0.4) is 0 Å². The fourth-order valence-corrected chi connectivity index (χ4v) is 2.18. The van der Waals surface area contributed by atoms with E-state index in [2.05, 4.69) is 26.1 Å². The van der Waals surface area contributed by atoms with Gasteiger partial charge >= 0.3 is 0 Å². The average Bonchev–Trinajstić information content (AvgIpc) is 2.64. The highest BCUT2D eigenvalue weighted by molar-refractivity contribution is 9.10. The Morgan fingerprint density at radius 3 is 2.76 bits per heavy atom. The Balaban J connectivity index is 2.63. The Bertz CT molecular complexity index is 603. The minimum Gasteiger partial charge on any atom is -0.272 e. The Morgan fingerprint density at radius 2 is 2.18 bits per heavy atom. The Morgan fingerprint density at radius 1 is 1.47 bits per heavy atom. The molecule has 90 valence electrons. The third-order valence-electron chi connectivity index (χ3n) is 2.38. The second kappa shape index (κ2) is 4.70. The third-order valence-corrected chi connectivity index (χ3v) is 3.26. The topological polar surface area (TPSA) is 33.6 Å². The van der Waals surface area contributed by atoms with E-state index in [0.717, 1.165) is 11.5 Å². The number of aromatic amines is 1. The highest BCUT2D eigenvalue weighted by Gasteiger charge is 2.12. The van der Waals surface area contributed by atoms with Gasteiger partial charge in [0.15, 0.2) is 4.77 Å². The van der Waals surface area contributed by atoms with Gasteiger partial charge in [-0.3, -0.25) is 9.67 Å². The van der Waals surface area contributed by atoms with Crippen LogP contribution in [-0.4, -0.2) is 14.8 Å². The van der Waals surface area contributed by atoms with E-state index in [0.29, 0.717) is 9.24 Å². The average molecular weight is 316 g/mol. The maximum absolute atomic E-state index is 13.2. The zero-order valence-corrected chi connectivity index (χ0v) is 11.8. The zero-order valence-electron chi connectivity index (χ0n) is 9.37. The van der Waals surface area contributed by atoms with E-state index in [4.69, 9.17) is 12.2 Å². The standard InChI is InChI=1S/C11H11BrFN3S/c1-6(2)10-14-15-11(17)16(10)7-3-4-9(13)8(12)5-7/h3-6H,1-2H3,(H,15,17). The van der Waals surface area contributed by atoms with E-state index in [1.54, 1.807) is 12.1 Å². The van der Waals surface area contributed by atoms with E-state index in [1.807, 2.05) is 18.4 Å². The smallest absolute Gasteiger partial charge is 0.199 e. The fourth-order valence-electron chi connectivity index (χ4n) is 1.57. The molecule has 0 aliphatic carbocycles. The third kappa shape index (κ3) is 2.32. The maximum Gasteiger partial charge on any atom is 0.199 e. The number of hydrogen-bond donors (Lipinski definition) is 1. The molecule has 2 rings (SSSR count). The number of nitrogens with zero attached hydrogens (tertiary/aromatic N) is 2. The molecule has 0 spiro atoms. The molecule has 1 heterocycles. The van der Waals surface area contributed by atoms with Crippen molar-refractivity contribution in [2.75, 3.05) is 0 Å². The summed E-state index contributed by atoms with van der Waals surface area (Å²) in [4.78, 5) is 0. The van der Waals surface area contributed by atoms with Gasteiger partial charge in [-0.05, 0) is 46.3 Å². The predicted octanol–water partition coefficient (Wildman–Crippen LogP) is 3.95. The summed E-state index contributed by atoms with van der Waals surface area (Å²) in [6.45, 7) is 4.06. The molecular formula is C11H11BrFN3S. The fraction of sp³-hybridized carbons (Fsp3) is 0.273. The first-order valence-electron chi connectivity index (χ1n) is 5.13. The molecule has 0 aliphatic rings. The Kier molecular flexibility index (Phi) is 3.44. The summed E-state index contributed by atoms with van der Waals surface area (Å²) in [5.74, 6) is 0.759. The van der Waals surface area contributed by atoms with Crippen LogP contribution in [0.25, 0.3) is 5.69 Å². The van der Waals surface area contributed by atoms with Gasteiger partial charge in [0.25, 0.3) is 0 Å². The van der Waals surface area contributed by atoms with Crippen molar-refractivity contribution < 1.29 is 4.39 Å². The van der Waals surface area contributed by atoms with Crippen molar-refractivity contribution >= 4 is 28.1 Å². The number of nitrogens with one attached hydrogen (secondary N) is 1. The highest BCUT2D eigenvalue weighted by atomic mass is 79.9. The molecule has 0 saturated heterocycles. The summed E-state index contributed by atoms with van der Waals surface area (Å²) in [5, 5.41) is 6.94. The van der Waals surface area contributed by atoms with Gasteiger partial charge in [0.1, 0.15) is 11.6 Å². The monoisotopic (exact) mass is 315 g/mol. The molecule has 0 saturated carbocycles. The lowest BCUT2D eigenvalue weighted by Gasteiger charge is -2.09. The van der Waals surface area contributed by atoms with Gasteiger partial charge in [-0.1, -0.05) is 13.8 Å². The summed E-state index contributed by atoms with van der Waals surface area (Å²) in [5.41, 5.74) is 0.792. The lowest BCUT2D eigenvalue weighted by atomic mass is 10.2. The van der Waals surface area contributed by atoms with Gasteiger partial charge in [-0.25, -0.2) is 4.39 Å². The molecule has 0 atom stereocenters. The predicted molar refractivity (Wildman–Crippen MR) is 70.5 cm³/mol. The van der Waals surface area contributed by atoms with Crippen molar-refractivity contribution in [1.82, 2.24) is 14.8 Å². The molecule has 1 aromatic heterocycles. The number of aromatic nitrogens is 3. The van der Waals surface area contributed by atoms with Gasteiger partial charge < -0.3 is 0 Å². The zero-order chi connectivity index (χ0) is 12.6. The Hall–Kier alpha value is -1.01. The van der Waals surface area contributed by atoms with Crippen molar-refractivity contribution in [1.29, 1.82) is 0 Å². The van der Waals surface area contributed by atoms with Crippen molar-refractivity contribution in [3.8, 4) is 5.69 Å². The Labute approximate surface area is 112 Å². The molecule has 6 heteroatoms. The van der Waals surface area contributed by atoms with Crippen LogP contribution in [0.4, 0.5) is 4.39 Å². The summed E-state index contributed by atoms with van der Waals surface area (Å²) in [7, 11) is 0. The van der Waals surface area contributed by atoms with Crippen molar-refractivity contribution in [3.05, 3.63) is 39.1 Å². The molecule has 1 aromatic carbocycles. The van der Waals surface area contributed by atoms with Gasteiger partial charge in [-0.2, -0.15) is 5.10 Å². The molecule has 0 fully saturated rings. The SMILES string of the molecule is CC(C)c1n[nH]c(=S)n1-c1ccc(F)c(Br)c1. The van der Waals surface area contributed by atoms with Crippen LogP contribution in [0.5, 0.6) is 0 Å². The molecule has 0 unspecified atom stereocenters. The van der Waals surface area contributed by atoms with Crippen LogP contribution in [0, 0.1) is 10.6 Å². The largest absolute Gasteiger partial charge is 0.272 e. The second-order valence-electron chi connectivity index (χ2n) is 3.98. The molecule has 2 aromatic rings. The van der Waals surface area contributed by atoms with E-state index >= 15 is 0 Å². The summed E-state index contributed by atoms with van der Waals surface area (Å²) in [6, 6.07) is 4.77. The molecule has 0 amide bonds. The van der Waals surface area contributed by atoms with E-state index < -0.39 is 0 Å². The molecule has 0 radical (unpaired) electrons. The normalized spacial score (nSPS) is 11.1. The van der Waals surface area contributed by atoms with Gasteiger partial charge in [0.2, 0.25) is 0 Å². The van der Waals surface area contributed by atoms with Crippen LogP contribution in [0.15, 0.2) is 22.7 Å².